The molecule has 12 nitrogen and oxygen atoms in total. The smallest absolute Gasteiger partial charge is 0.292 e. The van der Waals surface area contributed by atoms with Gasteiger partial charge in [-0.2, -0.15) is 5.10 Å². The molecule has 0 saturated carbocycles. The highest BCUT2D eigenvalue weighted by Gasteiger charge is 2.37. The zero-order chi connectivity index (χ0) is 25.1. The predicted molar refractivity (Wildman–Crippen MR) is 125 cm³/mol. The van der Waals surface area contributed by atoms with Crippen molar-refractivity contribution >= 4 is 29.0 Å². The van der Waals surface area contributed by atoms with Crippen LogP contribution in [-0.4, -0.2) is 47.8 Å². The first-order valence-corrected chi connectivity index (χ1v) is 10.5. The van der Waals surface area contributed by atoms with E-state index in [0.717, 1.165) is 0 Å². The van der Waals surface area contributed by atoms with Gasteiger partial charge in [-0.15, -0.1) is 0 Å². The number of fused-ring (bicyclic) bond motifs is 1. The van der Waals surface area contributed by atoms with Crippen LogP contribution >= 0.6 is 0 Å². The number of para-hydroxylation sites is 2. The monoisotopic (exact) mass is 481 g/mol. The number of carbonyl (C=O) groups is 2. The number of hydrogen-bond acceptors (Lipinski definition) is 8. The van der Waals surface area contributed by atoms with Crippen LogP contribution in [0.2, 0.25) is 0 Å². The standard InChI is InChI=1S/C23H23N5O7/c1-33-12-15-21(13-8-9-18(34-2)19(10-13)35-3)22-25-23(30)17(27(22)26-15)11-20(29)24-14-6-4-5-7-16(14)28(31)32/h4-10,17H,11-12H2,1-3H3,(H,24,29)(H,25,30). The molecule has 0 radical (unpaired) electrons. The fourth-order valence-corrected chi connectivity index (χ4v) is 3.97. The Morgan fingerprint density at radius 3 is 2.60 bits per heavy atom. The highest BCUT2D eigenvalue weighted by molar-refractivity contribution is 6.04. The van der Waals surface area contributed by atoms with Gasteiger partial charge in [0.15, 0.2) is 11.5 Å². The summed E-state index contributed by atoms with van der Waals surface area (Å²) in [6.07, 6.45) is -0.273. The van der Waals surface area contributed by atoms with Crippen molar-refractivity contribution in [2.45, 2.75) is 19.1 Å². The van der Waals surface area contributed by atoms with Crippen LogP contribution in [0.3, 0.4) is 0 Å². The Kier molecular flexibility index (Phi) is 6.64. The predicted octanol–water partition coefficient (Wildman–Crippen LogP) is 3.14. The molecule has 0 aliphatic carbocycles. The van der Waals surface area contributed by atoms with Crippen LogP contribution in [0, 0.1) is 10.1 Å². The van der Waals surface area contributed by atoms with Gasteiger partial charge in [-0.1, -0.05) is 18.2 Å². The Morgan fingerprint density at radius 1 is 1.17 bits per heavy atom. The van der Waals surface area contributed by atoms with Gasteiger partial charge in [-0.25, -0.2) is 4.68 Å². The first kappa shape index (κ1) is 23.7. The van der Waals surface area contributed by atoms with Gasteiger partial charge in [0, 0.05) is 13.2 Å². The van der Waals surface area contributed by atoms with Crippen LogP contribution in [0.15, 0.2) is 42.5 Å². The third-order valence-electron chi connectivity index (χ3n) is 5.53. The van der Waals surface area contributed by atoms with Crippen molar-refractivity contribution in [1.29, 1.82) is 0 Å². The summed E-state index contributed by atoms with van der Waals surface area (Å²) in [6, 6.07) is 10.1. The molecule has 0 fully saturated rings. The van der Waals surface area contributed by atoms with Gasteiger partial charge < -0.3 is 24.8 Å². The zero-order valence-electron chi connectivity index (χ0n) is 19.2. The minimum atomic E-state index is -0.947. The maximum atomic E-state index is 12.8. The van der Waals surface area contributed by atoms with E-state index in [1.165, 1.54) is 44.2 Å². The number of anilines is 2. The van der Waals surface area contributed by atoms with Crippen LogP contribution in [0.5, 0.6) is 11.5 Å². The quantitative estimate of drug-likeness (QED) is 0.350. The number of nitrogens with zero attached hydrogens (tertiary/aromatic N) is 3. The lowest BCUT2D eigenvalue weighted by atomic mass is 10.0. The maximum absolute atomic E-state index is 12.8. The fraction of sp³-hybridized carbons (Fsp3) is 0.261. The van der Waals surface area contributed by atoms with Crippen molar-refractivity contribution in [3.05, 3.63) is 58.3 Å². The number of hydrogen-bond donors (Lipinski definition) is 2. The normalized spacial score (nSPS) is 14.3. The number of benzene rings is 2. The van der Waals surface area contributed by atoms with Crippen molar-refractivity contribution in [1.82, 2.24) is 9.78 Å². The van der Waals surface area contributed by atoms with Crippen LogP contribution in [-0.2, 0) is 20.9 Å². The molecule has 3 aromatic rings. The van der Waals surface area contributed by atoms with E-state index in [1.807, 2.05) is 0 Å². The summed E-state index contributed by atoms with van der Waals surface area (Å²) in [5.74, 6) is 0.470. The summed E-state index contributed by atoms with van der Waals surface area (Å²) in [4.78, 5) is 36.2. The molecule has 2 N–H and O–H groups in total. The molecule has 35 heavy (non-hydrogen) atoms. The van der Waals surface area contributed by atoms with Gasteiger partial charge in [-0.05, 0) is 23.8 Å². The number of nitro benzene ring substituents is 1. The number of nitro groups is 1. The molecule has 2 amide bonds. The van der Waals surface area contributed by atoms with Crippen LogP contribution in [0.4, 0.5) is 17.2 Å². The average molecular weight is 481 g/mol. The largest absolute Gasteiger partial charge is 0.493 e. The summed E-state index contributed by atoms with van der Waals surface area (Å²) >= 11 is 0. The zero-order valence-corrected chi connectivity index (χ0v) is 19.2. The Labute approximate surface area is 199 Å². The molecule has 12 heteroatoms. The molecule has 2 aromatic carbocycles. The molecule has 1 unspecified atom stereocenters. The lowest BCUT2D eigenvalue weighted by molar-refractivity contribution is -0.383. The van der Waals surface area contributed by atoms with Gasteiger partial charge in [0.05, 0.1) is 43.4 Å². The Bertz CT molecular complexity index is 1300. The molecule has 1 atom stereocenters. The molecule has 1 aromatic heterocycles. The van der Waals surface area contributed by atoms with E-state index in [2.05, 4.69) is 15.7 Å². The third-order valence-corrected chi connectivity index (χ3v) is 5.53. The van der Waals surface area contributed by atoms with E-state index in [0.29, 0.717) is 34.1 Å². The van der Waals surface area contributed by atoms with E-state index in [-0.39, 0.29) is 24.4 Å². The molecule has 0 saturated heterocycles. The number of nitrogens with one attached hydrogen (secondary N) is 2. The van der Waals surface area contributed by atoms with Gasteiger partial charge in [0.25, 0.3) is 11.6 Å². The summed E-state index contributed by atoms with van der Waals surface area (Å²) < 4.78 is 17.4. The topological polar surface area (TPSA) is 147 Å². The van der Waals surface area contributed by atoms with Crippen LogP contribution in [0.1, 0.15) is 18.2 Å². The van der Waals surface area contributed by atoms with E-state index < -0.39 is 22.8 Å². The highest BCUT2D eigenvalue weighted by atomic mass is 16.6. The summed E-state index contributed by atoms with van der Waals surface area (Å²) in [6.45, 7) is 0.161. The molecule has 1 aliphatic heterocycles. The van der Waals surface area contributed by atoms with Gasteiger partial charge >= 0.3 is 0 Å². The molecule has 0 spiro atoms. The van der Waals surface area contributed by atoms with Crippen molar-refractivity contribution in [2.75, 3.05) is 32.0 Å². The number of rotatable bonds is 9. The van der Waals surface area contributed by atoms with Gasteiger partial charge in [0.2, 0.25) is 5.91 Å². The molecule has 182 valence electrons. The highest BCUT2D eigenvalue weighted by Crippen LogP contribution is 2.41. The molecule has 4 rings (SSSR count). The van der Waals surface area contributed by atoms with E-state index >= 15 is 0 Å². The summed E-state index contributed by atoms with van der Waals surface area (Å²) in [5, 5.41) is 21.1. The molecule has 0 bridgehead atoms. The lowest BCUT2D eigenvalue weighted by Gasteiger charge is -2.11. The molecule has 1 aliphatic rings. The fourth-order valence-electron chi connectivity index (χ4n) is 3.97. The SMILES string of the molecule is COCc1nn2c(c1-c1ccc(OC)c(OC)c1)NC(=O)C2CC(=O)Nc1ccccc1[N+](=O)[O-]. The number of carbonyl (C=O) groups excluding carboxylic acids is 2. The molecule has 2 heterocycles. The second-order valence-electron chi connectivity index (χ2n) is 7.65. The van der Waals surface area contributed by atoms with E-state index in [4.69, 9.17) is 14.2 Å². The second-order valence-corrected chi connectivity index (χ2v) is 7.65. The summed E-state index contributed by atoms with van der Waals surface area (Å²) in [7, 11) is 4.58. The van der Waals surface area contributed by atoms with Crippen molar-refractivity contribution in [3.63, 3.8) is 0 Å². The Balaban J connectivity index is 1.66. The first-order chi connectivity index (χ1) is 16.9. The summed E-state index contributed by atoms with van der Waals surface area (Å²) in [5.41, 5.74) is 1.70. The number of methoxy groups -OCH3 is 3. The van der Waals surface area contributed by atoms with Gasteiger partial charge in [-0.3, -0.25) is 19.7 Å². The number of ether oxygens (including phenoxy) is 3. The lowest BCUT2D eigenvalue weighted by Crippen LogP contribution is -2.24. The number of amides is 2. The van der Waals surface area contributed by atoms with Gasteiger partial charge in [0.1, 0.15) is 17.5 Å². The Hall–Kier alpha value is -4.45. The minimum Gasteiger partial charge on any atom is -0.493 e. The number of aromatic nitrogens is 2. The Morgan fingerprint density at radius 2 is 1.91 bits per heavy atom. The molecular formula is C23H23N5O7. The van der Waals surface area contributed by atoms with Crippen molar-refractivity contribution in [2.24, 2.45) is 0 Å². The van der Waals surface area contributed by atoms with E-state index in [1.54, 1.807) is 24.3 Å². The second kappa shape index (κ2) is 9.81. The third kappa shape index (κ3) is 4.51. The average Bonchev–Trinajstić information content (AvgIpc) is 3.33. The minimum absolute atomic E-state index is 0.0488. The van der Waals surface area contributed by atoms with E-state index in [9.17, 15) is 19.7 Å². The van der Waals surface area contributed by atoms with Crippen molar-refractivity contribution < 1.29 is 28.7 Å². The van der Waals surface area contributed by atoms with Crippen LogP contribution < -0.4 is 20.1 Å². The van der Waals surface area contributed by atoms with Crippen LogP contribution in [0.25, 0.3) is 11.1 Å². The molecular weight excluding hydrogens is 458 g/mol. The maximum Gasteiger partial charge on any atom is 0.292 e. The van der Waals surface area contributed by atoms with Crippen molar-refractivity contribution in [3.8, 4) is 22.6 Å². The first-order valence-electron chi connectivity index (χ1n) is 10.5.